The van der Waals surface area contributed by atoms with Gasteiger partial charge in [-0.05, 0) is 89.5 Å². The van der Waals surface area contributed by atoms with Gasteiger partial charge in [-0.15, -0.1) is 0 Å². The molecule has 0 saturated carbocycles. The maximum Gasteiger partial charge on any atom is 0.159 e. The molecule has 7 nitrogen and oxygen atoms in total. The molecule has 0 fully saturated rings. The smallest absolute Gasteiger partial charge is 0.159 e. The number of para-hydroxylation sites is 1. The minimum atomic E-state index is 0.00600. The molecule has 0 saturated heterocycles. The summed E-state index contributed by atoms with van der Waals surface area (Å²) in [6, 6.07) is 33.8. The molecule has 7 heteroatoms. The van der Waals surface area contributed by atoms with Gasteiger partial charge in [-0.25, -0.2) is 15.0 Å². The van der Waals surface area contributed by atoms with Gasteiger partial charge in [-0.1, -0.05) is 65.0 Å². The van der Waals surface area contributed by atoms with Crippen molar-refractivity contribution in [2.75, 3.05) is 16.5 Å². The number of hydrogen-bond acceptors (Lipinski definition) is 6. The van der Waals surface area contributed by atoms with E-state index >= 15 is 0 Å². The van der Waals surface area contributed by atoms with Crippen LogP contribution in [0.25, 0.3) is 27.6 Å². The number of pyridine rings is 3. The summed E-state index contributed by atoms with van der Waals surface area (Å²) in [5.74, 6) is 4.59. The van der Waals surface area contributed by atoms with E-state index in [0.717, 1.165) is 62.3 Å². The molecule has 1 aliphatic heterocycles. The Morgan fingerprint density at radius 2 is 1.51 bits per heavy atom. The van der Waals surface area contributed by atoms with Gasteiger partial charge in [0.15, 0.2) is 5.82 Å². The van der Waals surface area contributed by atoms with Crippen molar-refractivity contribution >= 4 is 44.8 Å². The van der Waals surface area contributed by atoms with Crippen LogP contribution in [0.5, 0.6) is 11.5 Å². The second-order valence-corrected chi connectivity index (χ2v) is 14.2. The van der Waals surface area contributed by atoms with E-state index in [1.54, 1.807) is 0 Å². The number of fused-ring (bicyclic) bond motifs is 4. The highest BCUT2D eigenvalue weighted by Crippen LogP contribution is 2.45. The number of rotatable bonds is 6. The highest BCUT2D eigenvalue weighted by Gasteiger charge is 2.32. The number of benzene rings is 3. The lowest BCUT2D eigenvalue weighted by atomic mass is 9.88. The third-order valence-corrected chi connectivity index (χ3v) is 9.36. The fourth-order valence-corrected chi connectivity index (χ4v) is 6.83. The Kier molecular flexibility index (Phi) is 7.36. The summed E-state index contributed by atoms with van der Waals surface area (Å²) < 4.78 is 8.86. The van der Waals surface area contributed by atoms with Crippen LogP contribution in [0.1, 0.15) is 57.2 Å². The summed E-state index contributed by atoms with van der Waals surface area (Å²) in [7, 11) is 0. The fraction of sp³-hybridized carbons (Fsp3) is 0.214. The van der Waals surface area contributed by atoms with Gasteiger partial charge in [0, 0.05) is 47.2 Å². The van der Waals surface area contributed by atoms with Crippen LogP contribution >= 0.6 is 0 Å². The van der Waals surface area contributed by atoms with Crippen LogP contribution in [0.4, 0.5) is 23.0 Å². The summed E-state index contributed by atoms with van der Waals surface area (Å²) in [4.78, 5) is 19.0. The molecule has 4 aromatic heterocycles. The number of nitrogens with zero attached hydrogens (tertiary/aromatic N) is 6. The zero-order valence-electron chi connectivity index (χ0n) is 28.8. The summed E-state index contributed by atoms with van der Waals surface area (Å²) >= 11 is 0. The minimum Gasteiger partial charge on any atom is -0.457 e. The average molecular weight is 645 g/mol. The third-order valence-electron chi connectivity index (χ3n) is 9.36. The molecule has 0 atom stereocenters. The van der Waals surface area contributed by atoms with Gasteiger partial charge in [0.1, 0.15) is 29.8 Å². The lowest BCUT2D eigenvalue weighted by molar-refractivity contribution is 0.483. The second-order valence-electron chi connectivity index (χ2n) is 14.2. The van der Waals surface area contributed by atoms with Crippen LogP contribution in [0.2, 0.25) is 0 Å². The van der Waals surface area contributed by atoms with E-state index in [4.69, 9.17) is 19.7 Å². The molecule has 0 bridgehead atoms. The van der Waals surface area contributed by atoms with Crippen molar-refractivity contribution < 1.29 is 4.74 Å². The molecule has 3 aromatic carbocycles. The van der Waals surface area contributed by atoms with Crippen molar-refractivity contribution in [3.05, 3.63) is 132 Å². The van der Waals surface area contributed by atoms with E-state index < -0.39 is 0 Å². The molecule has 7 aromatic rings. The van der Waals surface area contributed by atoms with Crippen LogP contribution in [-0.4, -0.2) is 26.2 Å². The fourth-order valence-electron chi connectivity index (χ4n) is 6.83. The molecule has 0 radical (unpaired) electrons. The quantitative estimate of drug-likeness (QED) is 0.180. The van der Waals surface area contributed by atoms with Gasteiger partial charge in [0.25, 0.3) is 0 Å². The molecular weight excluding hydrogens is 605 g/mol. The highest BCUT2D eigenvalue weighted by molar-refractivity contribution is 6.09. The van der Waals surface area contributed by atoms with Crippen LogP contribution < -0.4 is 14.5 Å². The van der Waals surface area contributed by atoms with Gasteiger partial charge in [0.05, 0.1) is 16.7 Å². The normalized spacial score (nSPS) is 13.1. The first-order valence-corrected chi connectivity index (χ1v) is 16.9. The third kappa shape index (κ3) is 5.45. The second kappa shape index (κ2) is 11.8. The molecule has 0 amide bonds. The van der Waals surface area contributed by atoms with E-state index in [1.165, 1.54) is 16.5 Å². The monoisotopic (exact) mass is 644 g/mol. The molecule has 0 N–H and O–H groups in total. The molecule has 0 unspecified atom stereocenters. The average Bonchev–Trinajstić information content (AvgIpc) is 3.64. The van der Waals surface area contributed by atoms with Crippen molar-refractivity contribution in [1.82, 2.24) is 19.5 Å². The van der Waals surface area contributed by atoms with E-state index in [-0.39, 0.29) is 5.41 Å². The van der Waals surface area contributed by atoms with Gasteiger partial charge in [-0.2, -0.15) is 0 Å². The summed E-state index contributed by atoms with van der Waals surface area (Å²) in [6.07, 6.45) is 5.70. The molecule has 0 aliphatic carbocycles. The summed E-state index contributed by atoms with van der Waals surface area (Å²) in [5.41, 5.74) is 7.83. The Morgan fingerprint density at radius 3 is 2.35 bits per heavy atom. The number of anilines is 4. The largest absolute Gasteiger partial charge is 0.457 e. The SMILES string of the molecule is Cc1cnc(N2CN(c3cccc(Oc4ccc5c6ccccc6n(-c6cc(C(C)(C)C)ccn6)c5c4)c3)c3cccnc32)c(C(C)C)c1. The standard InChI is InChI=1S/C42H40N6O/c1-27(2)35-21-28(3)25-45-40(35)47-26-46(37-15-10-19-44-41(37)47)30-11-9-12-31(23-30)49-32-16-17-34-33-13-7-8-14-36(33)48(38(34)24-32)39-22-29(18-20-43-39)42(4,5)6/h7-25,27H,26H2,1-6H3. The van der Waals surface area contributed by atoms with E-state index in [2.05, 4.69) is 135 Å². The van der Waals surface area contributed by atoms with Gasteiger partial charge >= 0.3 is 0 Å². The number of hydrogen-bond donors (Lipinski definition) is 0. The van der Waals surface area contributed by atoms with Crippen molar-refractivity contribution in [3.63, 3.8) is 0 Å². The lowest BCUT2D eigenvalue weighted by Crippen LogP contribution is -2.26. The highest BCUT2D eigenvalue weighted by atomic mass is 16.5. The number of ether oxygens (including phenoxy) is 1. The van der Waals surface area contributed by atoms with Crippen molar-refractivity contribution in [2.24, 2.45) is 0 Å². The summed E-state index contributed by atoms with van der Waals surface area (Å²) in [6.45, 7) is 13.8. The predicted molar refractivity (Wildman–Crippen MR) is 200 cm³/mol. The van der Waals surface area contributed by atoms with Gasteiger partial charge < -0.3 is 9.64 Å². The first kappa shape index (κ1) is 30.6. The van der Waals surface area contributed by atoms with Crippen LogP contribution in [0, 0.1) is 6.92 Å². The van der Waals surface area contributed by atoms with E-state index in [0.29, 0.717) is 12.6 Å². The Balaban J connectivity index is 1.16. The van der Waals surface area contributed by atoms with Crippen LogP contribution in [-0.2, 0) is 5.41 Å². The Labute approximate surface area is 287 Å². The topological polar surface area (TPSA) is 59.3 Å². The van der Waals surface area contributed by atoms with Crippen molar-refractivity contribution in [2.45, 2.75) is 52.9 Å². The molecule has 5 heterocycles. The Bertz CT molecular complexity index is 2350. The van der Waals surface area contributed by atoms with Gasteiger partial charge in [0.2, 0.25) is 0 Å². The Morgan fingerprint density at radius 1 is 0.694 bits per heavy atom. The van der Waals surface area contributed by atoms with E-state index in [1.807, 2.05) is 36.8 Å². The van der Waals surface area contributed by atoms with Crippen molar-refractivity contribution in [3.8, 4) is 17.3 Å². The molecule has 1 aliphatic rings. The van der Waals surface area contributed by atoms with E-state index in [9.17, 15) is 0 Å². The van der Waals surface area contributed by atoms with Crippen molar-refractivity contribution in [1.29, 1.82) is 0 Å². The number of aromatic nitrogens is 4. The first-order valence-electron chi connectivity index (χ1n) is 16.9. The minimum absolute atomic E-state index is 0.00600. The lowest BCUT2D eigenvalue weighted by Gasteiger charge is -2.24. The first-order chi connectivity index (χ1) is 23.7. The maximum absolute atomic E-state index is 6.61. The van der Waals surface area contributed by atoms with Crippen LogP contribution in [0.3, 0.4) is 0 Å². The molecular formula is C42H40N6O. The molecule has 49 heavy (non-hydrogen) atoms. The number of aryl methyl sites for hydroxylation is 1. The molecule has 8 rings (SSSR count). The maximum atomic E-state index is 6.61. The zero-order chi connectivity index (χ0) is 33.9. The molecule has 0 spiro atoms. The van der Waals surface area contributed by atoms with Crippen LogP contribution in [0.15, 0.2) is 116 Å². The Hall–Kier alpha value is -5.69. The molecule has 244 valence electrons. The summed E-state index contributed by atoms with van der Waals surface area (Å²) in [5, 5.41) is 2.34. The zero-order valence-corrected chi connectivity index (χ0v) is 28.8. The predicted octanol–water partition coefficient (Wildman–Crippen LogP) is 10.7. The van der Waals surface area contributed by atoms with Gasteiger partial charge in [-0.3, -0.25) is 9.47 Å².